The Hall–Kier alpha value is -3.10. The van der Waals surface area contributed by atoms with Crippen LogP contribution in [0.2, 0.25) is 0 Å². The fourth-order valence-corrected chi connectivity index (χ4v) is 6.38. The first-order valence-corrected chi connectivity index (χ1v) is 15.4. The topological polar surface area (TPSA) is 202 Å². The summed E-state index contributed by atoms with van der Waals surface area (Å²) in [5.41, 5.74) is 7.28. The van der Waals surface area contributed by atoms with E-state index in [9.17, 15) is 31.3 Å². The molecule has 0 amide bonds. The van der Waals surface area contributed by atoms with E-state index in [-0.39, 0.29) is 23.2 Å². The van der Waals surface area contributed by atoms with E-state index in [1.54, 1.807) is 29.7 Å². The standard InChI is InChI=1S/C22H25F2N7O2S3.C2HF3O2/c1-12-8-13(2-3-17(12)36(28,33)7-6-25)15-9-14(35-30-22(32)4-5-22)11-31-16(15)10-29-21(31)20(27)34-19(26)18(23)24;3-2(4,5)1(6)7/h2-3,8-11,18,26-28,30,32H,4-7,25H2,1H3;(H,6,7). The van der Waals surface area contributed by atoms with Gasteiger partial charge in [-0.15, -0.1) is 0 Å². The Morgan fingerprint density at radius 3 is 2.42 bits per heavy atom. The summed E-state index contributed by atoms with van der Waals surface area (Å²) >= 11 is 1.53. The highest BCUT2D eigenvalue weighted by atomic mass is 32.2. The van der Waals surface area contributed by atoms with Crippen LogP contribution in [-0.4, -0.2) is 70.5 Å². The molecule has 0 radical (unpaired) electrons. The summed E-state index contributed by atoms with van der Waals surface area (Å²) in [6, 6.07) is 7.08. The van der Waals surface area contributed by atoms with E-state index < -0.39 is 39.1 Å². The van der Waals surface area contributed by atoms with Gasteiger partial charge in [0.1, 0.15) is 15.8 Å². The minimum atomic E-state index is -5.08. The summed E-state index contributed by atoms with van der Waals surface area (Å²) < 4.78 is 83.0. The van der Waals surface area contributed by atoms with Gasteiger partial charge >= 0.3 is 12.1 Å². The molecule has 1 aliphatic rings. The number of aliphatic hydroxyl groups is 1. The van der Waals surface area contributed by atoms with Gasteiger partial charge in [-0.25, -0.2) is 32.3 Å². The van der Waals surface area contributed by atoms with E-state index in [1.165, 1.54) is 18.1 Å². The van der Waals surface area contributed by atoms with Crippen LogP contribution in [0.25, 0.3) is 16.6 Å². The van der Waals surface area contributed by atoms with Gasteiger partial charge in [0.25, 0.3) is 6.43 Å². The van der Waals surface area contributed by atoms with Crippen molar-refractivity contribution in [3.8, 4) is 11.1 Å². The van der Waals surface area contributed by atoms with Crippen molar-refractivity contribution >= 4 is 55.0 Å². The first-order chi connectivity index (χ1) is 19.9. The maximum atomic E-state index is 12.9. The number of hydrogen-bond donors (Lipinski definition) is 7. The SMILES string of the molecule is Cc1cc(-c2cc(SNC3(O)CC3)cn3c(C(=N)SC(=N)C(F)F)ncc23)ccc1S(=N)(=O)CCN.O=C(O)C(F)(F)F. The van der Waals surface area contributed by atoms with Gasteiger partial charge in [0.15, 0.2) is 5.82 Å². The first-order valence-electron chi connectivity index (χ1n) is 12.1. The summed E-state index contributed by atoms with van der Waals surface area (Å²) in [6.07, 6.45) is -3.62. The number of benzene rings is 1. The third-order valence-electron chi connectivity index (χ3n) is 5.80. The van der Waals surface area contributed by atoms with Gasteiger partial charge in [0, 0.05) is 29.0 Å². The number of nitrogens with zero attached hydrogens (tertiary/aromatic N) is 2. The zero-order valence-corrected chi connectivity index (χ0v) is 24.6. The van der Waals surface area contributed by atoms with E-state index in [4.69, 9.17) is 31.2 Å². The first kappa shape index (κ1) is 34.4. The highest BCUT2D eigenvalue weighted by Crippen LogP contribution is 2.37. The maximum Gasteiger partial charge on any atom is 0.490 e. The fraction of sp³-hybridized carbons (Fsp3) is 0.333. The van der Waals surface area contributed by atoms with E-state index >= 15 is 0 Å². The fourth-order valence-electron chi connectivity index (χ4n) is 3.56. The van der Waals surface area contributed by atoms with Crippen molar-refractivity contribution in [3.63, 3.8) is 0 Å². The summed E-state index contributed by atoms with van der Waals surface area (Å²) in [4.78, 5) is 14.2. The van der Waals surface area contributed by atoms with Crippen molar-refractivity contribution in [2.24, 2.45) is 5.73 Å². The largest absolute Gasteiger partial charge is 0.490 e. The third-order valence-corrected chi connectivity index (χ3v) is 9.51. The average molecular weight is 668 g/mol. The van der Waals surface area contributed by atoms with Crippen LogP contribution in [0.1, 0.15) is 24.2 Å². The smallest absolute Gasteiger partial charge is 0.475 e. The maximum absolute atomic E-state index is 12.9. The number of alkyl halides is 5. The van der Waals surface area contributed by atoms with Crippen molar-refractivity contribution in [2.45, 2.75) is 47.9 Å². The number of aromatic nitrogens is 2. The zero-order chi connectivity index (χ0) is 32.3. The second-order valence-corrected chi connectivity index (χ2v) is 13.3. The molecule has 1 aromatic carbocycles. The second-order valence-electron chi connectivity index (χ2n) is 9.21. The highest BCUT2D eigenvalue weighted by molar-refractivity contribution is 8.26. The van der Waals surface area contributed by atoms with Crippen LogP contribution in [0.15, 0.2) is 46.5 Å². The predicted molar refractivity (Wildman–Crippen MR) is 153 cm³/mol. The molecule has 1 aliphatic carbocycles. The van der Waals surface area contributed by atoms with E-state index in [2.05, 4.69) is 9.71 Å². The molecule has 2 heterocycles. The summed E-state index contributed by atoms with van der Waals surface area (Å²) in [5, 5.41) is 31.7. The molecule has 1 unspecified atom stereocenters. The van der Waals surface area contributed by atoms with Crippen LogP contribution < -0.4 is 10.5 Å². The van der Waals surface area contributed by atoms with Crippen molar-refractivity contribution in [2.75, 3.05) is 12.3 Å². The Morgan fingerprint density at radius 1 is 1.28 bits per heavy atom. The van der Waals surface area contributed by atoms with Gasteiger partial charge in [0.2, 0.25) is 0 Å². The molecular weight excluding hydrogens is 642 g/mol. The van der Waals surface area contributed by atoms with Crippen molar-refractivity contribution in [1.82, 2.24) is 14.1 Å². The molecule has 0 saturated heterocycles. The zero-order valence-electron chi connectivity index (χ0n) is 22.2. The lowest BCUT2D eigenvalue weighted by Gasteiger charge is -2.15. The molecule has 1 atom stereocenters. The Bertz CT molecular complexity index is 1660. The van der Waals surface area contributed by atoms with Gasteiger partial charge < -0.3 is 15.9 Å². The molecule has 234 valence electrons. The number of nitrogens with two attached hydrogens (primary N) is 1. The van der Waals surface area contributed by atoms with Crippen LogP contribution in [0.5, 0.6) is 0 Å². The molecular formula is C24H26F5N7O4S3. The Kier molecular flexibility index (Phi) is 10.6. The van der Waals surface area contributed by atoms with Crippen molar-refractivity contribution in [1.29, 1.82) is 15.6 Å². The summed E-state index contributed by atoms with van der Waals surface area (Å²) in [7, 11) is -3.03. The average Bonchev–Trinajstić information content (AvgIpc) is 3.48. The monoisotopic (exact) mass is 667 g/mol. The molecule has 2 aromatic heterocycles. The number of carboxylic acid groups (broad SMARTS) is 1. The van der Waals surface area contributed by atoms with Gasteiger partial charge in [-0.05, 0) is 66.7 Å². The summed E-state index contributed by atoms with van der Waals surface area (Å²) in [6.45, 7) is 1.90. The number of imidazole rings is 1. The second kappa shape index (κ2) is 13.3. The molecule has 43 heavy (non-hydrogen) atoms. The minimum absolute atomic E-state index is 0.0531. The van der Waals surface area contributed by atoms with E-state index in [0.717, 1.165) is 5.56 Å². The van der Waals surface area contributed by atoms with Crippen molar-refractivity contribution < 1.29 is 41.2 Å². The van der Waals surface area contributed by atoms with Crippen LogP contribution in [-0.2, 0) is 14.5 Å². The lowest BCUT2D eigenvalue weighted by molar-refractivity contribution is -0.192. The number of halogens is 5. The predicted octanol–water partition coefficient (Wildman–Crippen LogP) is 4.69. The van der Waals surface area contributed by atoms with Crippen LogP contribution in [0, 0.1) is 22.5 Å². The lowest BCUT2D eigenvalue weighted by Crippen LogP contribution is -2.23. The molecule has 0 spiro atoms. The van der Waals surface area contributed by atoms with Gasteiger partial charge in [-0.2, -0.15) is 13.2 Å². The van der Waals surface area contributed by atoms with Crippen molar-refractivity contribution in [3.05, 3.63) is 48.0 Å². The Morgan fingerprint density at radius 2 is 1.91 bits per heavy atom. The van der Waals surface area contributed by atoms with Gasteiger partial charge in [0.05, 0.1) is 26.3 Å². The number of pyridine rings is 1. The lowest BCUT2D eigenvalue weighted by atomic mass is 10.0. The minimum Gasteiger partial charge on any atom is -0.475 e. The summed E-state index contributed by atoms with van der Waals surface area (Å²) in [5.74, 6) is -2.61. The molecule has 0 bridgehead atoms. The Labute approximate surface area is 250 Å². The molecule has 1 fully saturated rings. The number of nitrogens with one attached hydrogen (secondary N) is 4. The third kappa shape index (κ3) is 8.73. The Balaban J connectivity index is 0.000000646. The molecule has 8 N–H and O–H groups in total. The number of fused-ring (bicyclic) bond motifs is 1. The molecule has 19 heteroatoms. The molecule has 11 nitrogen and oxygen atoms in total. The molecule has 3 aromatic rings. The molecule has 0 aliphatic heterocycles. The number of hydrogen-bond acceptors (Lipinski definition) is 11. The number of aryl methyl sites for hydroxylation is 1. The van der Waals surface area contributed by atoms with Gasteiger partial charge in [-0.1, -0.05) is 12.1 Å². The van der Waals surface area contributed by atoms with Crippen LogP contribution in [0.4, 0.5) is 22.0 Å². The van der Waals surface area contributed by atoms with E-state index in [1.807, 2.05) is 12.1 Å². The van der Waals surface area contributed by atoms with Crippen LogP contribution in [0.3, 0.4) is 0 Å². The number of carboxylic acids is 1. The number of carbonyl (C=O) groups is 1. The number of thioether (sulfide) groups is 1. The number of rotatable bonds is 9. The van der Waals surface area contributed by atoms with Gasteiger partial charge in [-0.3, -0.25) is 15.2 Å². The normalized spacial score (nSPS) is 15.5. The molecule has 4 rings (SSSR count). The quantitative estimate of drug-likeness (QED) is 0.0556. The highest BCUT2D eigenvalue weighted by Gasteiger charge is 2.40. The number of aliphatic carboxylic acids is 1. The molecule has 1 saturated carbocycles. The van der Waals surface area contributed by atoms with E-state index in [0.29, 0.717) is 51.0 Å². The van der Waals surface area contributed by atoms with Crippen LogP contribution >= 0.6 is 23.7 Å².